The van der Waals surface area contributed by atoms with Gasteiger partial charge in [-0.25, -0.2) is 13.8 Å². The van der Waals surface area contributed by atoms with Gasteiger partial charge in [0, 0.05) is 0 Å². The molecule has 0 radical (unpaired) electrons. The Hall–Kier alpha value is -1.65. The zero-order chi connectivity index (χ0) is 17.7. The second kappa shape index (κ2) is 9.16. The topological polar surface area (TPSA) is 121 Å². The molecule has 0 saturated heterocycles. The maximum atomic E-state index is 11.6. The van der Waals surface area contributed by atoms with Gasteiger partial charge in [-0.2, -0.15) is 5.10 Å². The van der Waals surface area contributed by atoms with Crippen LogP contribution in [0.1, 0.15) is 16.9 Å². The van der Waals surface area contributed by atoms with Crippen LogP contribution in [0.4, 0.5) is 0 Å². The Morgan fingerprint density at radius 3 is 2.48 bits per heavy atom. The molecule has 0 atom stereocenters. The third-order valence-corrected chi connectivity index (χ3v) is 3.51. The molecule has 0 aliphatic rings. The van der Waals surface area contributed by atoms with Crippen molar-refractivity contribution in [3.63, 3.8) is 0 Å². The van der Waals surface area contributed by atoms with E-state index in [1.807, 2.05) is 19.9 Å². The Labute approximate surface area is 167 Å². The standard InChI is InChI=1S/C15H16N2O6S.Na/c1-10-5-11(2)7-13(6-10)22-9-14(18)17-16-8-12-3-4-15(23-12)24(19,20)21;/h3-8H,9H2,1-2H3,(H,17,18)(H,19,20,21);/q;+1/p-1. The number of hydrogen-bond acceptors (Lipinski definition) is 7. The van der Waals surface area contributed by atoms with Crippen LogP contribution >= 0.6 is 0 Å². The van der Waals surface area contributed by atoms with Gasteiger partial charge in [0.15, 0.2) is 16.7 Å². The minimum Gasteiger partial charge on any atom is -0.742 e. The zero-order valence-corrected chi connectivity index (χ0v) is 16.8. The molecule has 1 aromatic heterocycles. The third-order valence-electron chi connectivity index (χ3n) is 2.79. The summed E-state index contributed by atoms with van der Waals surface area (Å²) in [6.45, 7) is 3.60. The Balaban J connectivity index is 0.00000312. The fourth-order valence-corrected chi connectivity index (χ4v) is 2.34. The summed E-state index contributed by atoms with van der Waals surface area (Å²) in [5, 5.41) is 2.87. The fourth-order valence-electron chi connectivity index (χ4n) is 1.90. The van der Waals surface area contributed by atoms with E-state index in [1.54, 1.807) is 12.1 Å². The van der Waals surface area contributed by atoms with Crippen LogP contribution in [0.3, 0.4) is 0 Å². The van der Waals surface area contributed by atoms with E-state index < -0.39 is 21.1 Å². The predicted molar refractivity (Wildman–Crippen MR) is 83.8 cm³/mol. The minimum atomic E-state index is -4.66. The second-order valence-corrected chi connectivity index (χ2v) is 6.33. The summed E-state index contributed by atoms with van der Waals surface area (Å²) in [5.74, 6) is 0.0801. The number of nitrogens with one attached hydrogen (secondary N) is 1. The summed E-state index contributed by atoms with van der Waals surface area (Å²) < 4.78 is 42.3. The maximum Gasteiger partial charge on any atom is 1.00 e. The van der Waals surface area contributed by atoms with Crippen LogP contribution in [-0.2, 0) is 14.9 Å². The number of hydrogen-bond donors (Lipinski definition) is 1. The molecule has 0 bridgehead atoms. The average molecular weight is 374 g/mol. The van der Waals surface area contributed by atoms with Crippen molar-refractivity contribution in [3.05, 3.63) is 47.2 Å². The SMILES string of the molecule is Cc1cc(C)cc(OCC(=O)NN=Cc2ccc(S(=O)(=O)[O-])o2)c1.[Na+]. The second-order valence-electron chi connectivity index (χ2n) is 5.02. The number of carbonyl (C=O) groups excluding carboxylic acids is 1. The van der Waals surface area contributed by atoms with Gasteiger partial charge in [-0.3, -0.25) is 4.79 Å². The first-order valence-corrected chi connectivity index (χ1v) is 8.23. The molecule has 1 aromatic carbocycles. The number of nitrogens with zero attached hydrogens (tertiary/aromatic N) is 1. The van der Waals surface area contributed by atoms with Gasteiger partial charge < -0.3 is 13.7 Å². The van der Waals surface area contributed by atoms with E-state index in [4.69, 9.17) is 9.15 Å². The third kappa shape index (κ3) is 7.00. The van der Waals surface area contributed by atoms with E-state index >= 15 is 0 Å². The molecule has 0 fully saturated rings. The summed E-state index contributed by atoms with van der Waals surface area (Å²) in [7, 11) is -4.66. The van der Waals surface area contributed by atoms with Gasteiger partial charge in [0.1, 0.15) is 11.5 Å². The fraction of sp³-hybridized carbons (Fsp3) is 0.200. The number of aryl methyl sites for hydroxylation is 2. The van der Waals surface area contributed by atoms with Crippen LogP contribution in [0.25, 0.3) is 0 Å². The molecule has 1 amide bonds. The summed E-state index contributed by atoms with van der Waals surface area (Å²) >= 11 is 0. The number of hydrazone groups is 1. The Kier molecular flexibility index (Phi) is 7.84. The number of rotatable bonds is 6. The van der Waals surface area contributed by atoms with Gasteiger partial charge in [0.2, 0.25) is 5.09 Å². The molecule has 10 heteroatoms. The normalized spacial score (nSPS) is 11.2. The minimum absolute atomic E-state index is 0. The number of carbonyl (C=O) groups is 1. The van der Waals surface area contributed by atoms with Crippen LogP contribution in [0.15, 0.2) is 44.9 Å². The van der Waals surface area contributed by atoms with Crippen molar-refractivity contribution >= 4 is 22.2 Å². The van der Waals surface area contributed by atoms with Crippen LogP contribution in [0, 0.1) is 13.8 Å². The number of ether oxygens (including phenoxy) is 1. The van der Waals surface area contributed by atoms with Gasteiger partial charge in [0.25, 0.3) is 5.91 Å². The van der Waals surface area contributed by atoms with Gasteiger partial charge in [-0.15, -0.1) is 0 Å². The largest absolute Gasteiger partial charge is 1.00 e. The molecule has 0 aliphatic carbocycles. The number of amides is 1. The Morgan fingerprint density at radius 1 is 1.28 bits per heavy atom. The van der Waals surface area contributed by atoms with Crippen LogP contribution in [0.5, 0.6) is 5.75 Å². The molecule has 128 valence electrons. The quantitative estimate of drug-likeness (QED) is 0.279. The van der Waals surface area contributed by atoms with Gasteiger partial charge in [0.05, 0.1) is 6.21 Å². The van der Waals surface area contributed by atoms with Crippen molar-refractivity contribution < 1.29 is 56.5 Å². The van der Waals surface area contributed by atoms with Crippen molar-refractivity contribution in [2.24, 2.45) is 5.10 Å². The first-order chi connectivity index (χ1) is 11.2. The van der Waals surface area contributed by atoms with Crippen LogP contribution in [-0.4, -0.2) is 31.7 Å². The van der Waals surface area contributed by atoms with Crippen molar-refractivity contribution in [2.75, 3.05) is 6.61 Å². The van der Waals surface area contributed by atoms with E-state index in [9.17, 15) is 17.8 Å². The van der Waals surface area contributed by atoms with Gasteiger partial charge in [-0.1, -0.05) is 6.07 Å². The van der Waals surface area contributed by atoms with E-state index in [1.165, 1.54) is 6.07 Å². The van der Waals surface area contributed by atoms with E-state index in [0.717, 1.165) is 23.4 Å². The molecule has 0 saturated carbocycles. The van der Waals surface area contributed by atoms with E-state index in [2.05, 4.69) is 10.5 Å². The molecule has 2 aromatic rings. The number of benzene rings is 1. The molecule has 2 rings (SSSR count). The van der Waals surface area contributed by atoms with Gasteiger partial charge in [-0.05, 0) is 49.2 Å². The molecule has 0 aliphatic heterocycles. The molecule has 25 heavy (non-hydrogen) atoms. The van der Waals surface area contributed by atoms with E-state index in [-0.39, 0.29) is 41.9 Å². The first-order valence-electron chi connectivity index (χ1n) is 6.83. The Morgan fingerprint density at radius 2 is 1.92 bits per heavy atom. The maximum absolute atomic E-state index is 11.6. The van der Waals surface area contributed by atoms with Crippen molar-refractivity contribution in [2.45, 2.75) is 18.9 Å². The van der Waals surface area contributed by atoms with Crippen molar-refractivity contribution in [1.82, 2.24) is 5.43 Å². The molecule has 1 N–H and O–H groups in total. The molecule has 0 spiro atoms. The summed E-state index contributed by atoms with van der Waals surface area (Å²) in [5.41, 5.74) is 4.23. The first kappa shape index (κ1) is 21.4. The van der Waals surface area contributed by atoms with Crippen molar-refractivity contribution in [3.8, 4) is 5.75 Å². The molecular formula is C15H15N2NaO6S. The number of furan rings is 1. The summed E-state index contributed by atoms with van der Waals surface area (Å²) in [4.78, 5) is 11.6. The summed E-state index contributed by atoms with van der Waals surface area (Å²) in [6, 6.07) is 7.84. The molecule has 1 heterocycles. The predicted octanol–water partition coefficient (Wildman–Crippen LogP) is -1.67. The Bertz CT molecular complexity index is 856. The molecular weight excluding hydrogens is 359 g/mol. The molecule has 0 unspecified atom stereocenters. The van der Waals surface area contributed by atoms with Gasteiger partial charge >= 0.3 is 29.6 Å². The van der Waals surface area contributed by atoms with Crippen LogP contribution in [0.2, 0.25) is 0 Å². The van der Waals surface area contributed by atoms with Crippen molar-refractivity contribution in [1.29, 1.82) is 0 Å². The average Bonchev–Trinajstić information content (AvgIpc) is 2.93. The molecule has 8 nitrogen and oxygen atoms in total. The zero-order valence-electron chi connectivity index (χ0n) is 14.0. The van der Waals surface area contributed by atoms with E-state index in [0.29, 0.717) is 5.75 Å². The van der Waals surface area contributed by atoms with Crippen LogP contribution < -0.4 is 39.7 Å². The summed E-state index contributed by atoms with van der Waals surface area (Å²) in [6.07, 6.45) is 1.07. The smallest absolute Gasteiger partial charge is 0.742 e. The monoisotopic (exact) mass is 374 g/mol.